The first-order chi connectivity index (χ1) is 14.7. The molecular weight excluding hydrogens is 418 g/mol. The average molecular weight is 442 g/mol. The van der Waals surface area contributed by atoms with Crippen molar-refractivity contribution < 1.29 is 9.72 Å². The Bertz CT molecular complexity index is 1240. The third-order valence-electron chi connectivity index (χ3n) is 5.75. The number of nitro benzene ring substituents is 1. The van der Waals surface area contributed by atoms with Crippen LogP contribution in [0.5, 0.6) is 0 Å². The summed E-state index contributed by atoms with van der Waals surface area (Å²) in [6.07, 6.45) is 0. The molecular formula is C21H23N5O4S. The third-order valence-corrected chi connectivity index (χ3v) is 6.85. The quantitative estimate of drug-likeness (QED) is 0.368. The number of nitro groups is 1. The number of nitrogens with one attached hydrogen (secondary N) is 1. The number of Topliss-reactive ketones (excluding diaryl/α,β-unsaturated/α-hetero) is 1. The summed E-state index contributed by atoms with van der Waals surface area (Å²) in [5, 5.41) is 12.2. The first kappa shape index (κ1) is 21.1. The predicted octanol–water partition coefficient (Wildman–Crippen LogP) is 3.03. The minimum absolute atomic E-state index is 0.0546. The van der Waals surface area contributed by atoms with Crippen molar-refractivity contribution >= 4 is 38.7 Å². The van der Waals surface area contributed by atoms with E-state index in [9.17, 15) is 19.7 Å². The Morgan fingerprint density at radius 2 is 1.97 bits per heavy atom. The molecule has 0 atom stereocenters. The van der Waals surface area contributed by atoms with Crippen LogP contribution in [-0.4, -0.2) is 51.8 Å². The molecule has 1 aliphatic heterocycles. The number of aromatic nitrogens is 2. The lowest BCUT2D eigenvalue weighted by Gasteiger charge is -2.35. The van der Waals surface area contributed by atoms with Crippen LogP contribution in [-0.2, 0) is 6.54 Å². The van der Waals surface area contributed by atoms with E-state index in [0.29, 0.717) is 55.2 Å². The Kier molecular flexibility index (Phi) is 5.59. The maximum absolute atomic E-state index is 12.5. The topological polar surface area (TPSA) is 112 Å². The lowest BCUT2D eigenvalue weighted by molar-refractivity contribution is -0.384. The number of ketones is 1. The van der Waals surface area contributed by atoms with E-state index in [2.05, 4.69) is 14.9 Å². The SMILES string of the molecule is CC(=O)c1ccc(N2CCN(Cc3nc4sc(C)c(C)c4c(=O)[nH]3)CC2)c([N+](=O)[O-])c1. The van der Waals surface area contributed by atoms with Crippen LogP contribution >= 0.6 is 11.3 Å². The van der Waals surface area contributed by atoms with Gasteiger partial charge in [0.05, 0.1) is 16.9 Å². The third kappa shape index (κ3) is 4.08. The summed E-state index contributed by atoms with van der Waals surface area (Å²) in [5.41, 5.74) is 1.67. The summed E-state index contributed by atoms with van der Waals surface area (Å²) in [7, 11) is 0. The van der Waals surface area contributed by atoms with Gasteiger partial charge < -0.3 is 9.88 Å². The molecule has 0 unspecified atom stereocenters. The van der Waals surface area contributed by atoms with Gasteiger partial charge >= 0.3 is 0 Å². The summed E-state index contributed by atoms with van der Waals surface area (Å²) in [5.74, 6) is 0.429. The van der Waals surface area contributed by atoms with Gasteiger partial charge in [-0.1, -0.05) is 0 Å². The average Bonchev–Trinajstić information content (AvgIpc) is 3.02. The number of H-pyrrole nitrogens is 1. The summed E-state index contributed by atoms with van der Waals surface area (Å²) >= 11 is 1.53. The Hall–Kier alpha value is -3.11. The molecule has 0 saturated carbocycles. The molecule has 1 fully saturated rings. The second kappa shape index (κ2) is 8.20. The lowest BCUT2D eigenvalue weighted by atomic mass is 10.1. The molecule has 0 spiro atoms. The molecule has 4 rings (SSSR count). The minimum Gasteiger partial charge on any atom is -0.363 e. The van der Waals surface area contributed by atoms with E-state index in [1.807, 2.05) is 18.7 Å². The second-order valence-electron chi connectivity index (χ2n) is 7.76. The van der Waals surface area contributed by atoms with Crippen LogP contribution in [0.2, 0.25) is 0 Å². The van der Waals surface area contributed by atoms with E-state index in [1.165, 1.54) is 24.3 Å². The van der Waals surface area contributed by atoms with Gasteiger partial charge in [0.25, 0.3) is 11.2 Å². The van der Waals surface area contributed by atoms with E-state index in [0.717, 1.165) is 15.3 Å². The Balaban J connectivity index is 1.48. The maximum Gasteiger partial charge on any atom is 0.293 e. The van der Waals surface area contributed by atoms with Gasteiger partial charge in [-0.2, -0.15) is 0 Å². The number of nitrogens with zero attached hydrogens (tertiary/aromatic N) is 4. The molecule has 162 valence electrons. The molecule has 3 heterocycles. The molecule has 0 bridgehead atoms. The number of benzene rings is 1. The fraction of sp³-hybridized carbons (Fsp3) is 0.381. The van der Waals surface area contributed by atoms with Gasteiger partial charge in [0.2, 0.25) is 0 Å². The number of thiophene rings is 1. The first-order valence-corrected chi connectivity index (χ1v) is 10.8. The Morgan fingerprint density at radius 1 is 1.26 bits per heavy atom. The van der Waals surface area contributed by atoms with Crippen LogP contribution in [0, 0.1) is 24.0 Å². The lowest BCUT2D eigenvalue weighted by Crippen LogP contribution is -2.46. The van der Waals surface area contributed by atoms with Crippen molar-refractivity contribution in [2.45, 2.75) is 27.3 Å². The van der Waals surface area contributed by atoms with Gasteiger partial charge in [-0.05, 0) is 38.5 Å². The highest BCUT2D eigenvalue weighted by Crippen LogP contribution is 2.30. The van der Waals surface area contributed by atoms with Crippen molar-refractivity contribution in [3.8, 4) is 0 Å². The van der Waals surface area contributed by atoms with Gasteiger partial charge in [-0.15, -0.1) is 11.3 Å². The monoisotopic (exact) mass is 441 g/mol. The normalized spacial score (nSPS) is 14.9. The van der Waals surface area contributed by atoms with Gasteiger partial charge in [-0.3, -0.25) is 24.6 Å². The van der Waals surface area contributed by atoms with E-state index in [-0.39, 0.29) is 17.0 Å². The van der Waals surface area contributed by atoms with Crippen LogP contribution in [0.4, 0.5) is 11.4 Å². The molecule has 9 nitrogen and oxygen atoms in total. The number of piperazine rings is 1. The van der Waals surface area contributed by atoms with Gasteiger partial charge in [-0.25, -0.2) is 4.98 Å². The number of hydrogen-bond acceptors (Lipinski definition) is 8. The minimum atomic E-state index is -0.441. The van der Waals surface area contributed by atoms with Crippen molar-refractivity contribution in [3.05, 3.63) is 60.5 Å². The van der Waals surface area contributed by atoms with Crippen LogP contribution in [0.15, 0.2) is 23.0 Å². The molecule has 1 aliphatic rings. The van der Waals surface area contributed by atoms with Gasteiger partial charge in [0.1, 0.15) is 16.3 Å². The number of rotatable bonds is 5. The van der Waals surface area contributed by atoms with E-state index in [1.54, 1.807) is 12.1 Å². The summed E-state index contributed by atoms with van der Waals surface area (Å²) in [4.78, 5) is 48.7. The van der Waals surface area contributed by atoms with Gasteiger partial charge in [0.15, 0.2) is 5.78 Å². The molecule has 1 saturated heterocycles. The molecule has 3 aromatic rings. The molecule has 2 aromatic heterocycles. The summed E-state index contributed by atoms with van der Waals surface area (Å²) < 4.78 is 0. The Morgan fingerprint density at radius 3 is 2.61 bits per heavy atom. The van der Waals surface area contributed by atoms with E-state index < -0.39 is 4.92 Å². The van der Waals surface area contributed by atoms with Crippen molar-refractivity contribution in [2.75, 3.05) is 31.1 Å². The molecule has 1 N–H and O–H groups in total. The maximum atomic E-state index is 12.5. The van der Waals surface area contributed by atoms with Crippen molar-refractivity contribution in [2.24, 2.45) is 0 Å². The zero-order chi connectivity index (χ0) is 22.3. The number of carbonyl (C=O) groups is 1. The smallest absolute Gasteiger partial charge is 0.293 e. The summed E-state index contributed by atoms with van der Waals surface area (Å²) in [6.45, 7) is 8.39. The van der Waals surface area contributed by atoms with E-state index >= 15 is 0 Å². The van der Waals surface area contributed by atoms with Crippen LogP contribution in [0.1, 0.15) is 33.5 Å². The van der Waals surface area contributed by atoms with Crippen molar-refractivity contribution in [1.82, 2.24) is 14.9 Å². The zero-order valence-corrected chi connectivity index (χ0v) is 18.4. The Labute approximate surface area is 182 Å². The number of aromatic amines is 1. The second-order valence-corrected chi connectivity index (χ2v) is 8.96. The van der Waals surface area contributed by atoms with Crippen LogP contribution in [0.3, 0.4) is 0 Å². The fourth-order valence-corrected chi connectivity index (χ4v) is 4.94. The molecule has 0 radical (unpaired) electrons. The first-order valence-electron chi connectivity index (χ1n) is 10.00. The highest BCUT2D eigenvalue weighted by atomic mass is 32.1. The number of hydrogen-bond donors (Lipinski definition) is 1. The van der Waals surface area contributed by atoms with Crippen molar-refractivity contribution in [1.29, 1.82) is 0 Å². The molecule has 0 amide bonds. The van der Waals surface area contributed by atoms with Crippen LogP contribution < -0.4 is 10.5 Å². The molecule has 31 heavy (non-hydrogen) atoms. The van der Waals surface area contributed by atoms with Crippen molar-refractivity contribution in [3.63, 3.8) is 0 Å². The largest absolute Gasteiger partial charge is 0.363 e. The molecule has 1 aromatic carbocycles. The summed E-state index contributed by atoms with van der Waals surface area (Å²) in [6, 6.07) is 4.63. The number of fused-ring (bicyclic) bond motifs is 1. The van der Waals surface area contributed by atoms with E-state index in [4.69, 9.17) is 0 Å². The number of anilines is 1. The molecule has 0 aliphatic carbocycles. The number of carbonyl (C=O) groups excluding carboxylic acids is 1. The number of aryl methyl sites for hydroxylation is 2. The van der Waals surface area contributed by atoms with Crippen LogP contribution in [0.25, 0.3) is 10.2 Å². The van der Waals surface area contributed by atoms with Gasteiger partial charge in [0, 0.05) is 42.7 Å². The highest BCUT2D eigenvalue weighted by molar-refractivity contribution is 7.18. The highest BCUT2D eigenvalue weighted by Gasteiger charge is 2.25. The predicted molar refractivity (Wildman–Crippen MR) is 120 cm³/mol. The fourth-order valence-electron chi connectivity index (χ4n) is 3.89. The zero-order valence-electron chi connectivity index (χ0n) is 17.6. The standard InChI is InChI=1S/C21H23N5O4S/c1-12-14(3)31-21-19(12)20(28)22-18(23-21)11-24-6-8-25(9-7-24)16-5-4-15(13(2)27)10-17(16)26(29)30/h4-5,10H,6-9,11H2,1-3H3,(H,22,23,28). The molecule has 10 heteroatoms.